The zero-order chi connectivity index (χ0) is 18.8. The Hall–Kier alpha value is -1.44. The Labute approximate surface area is 156 Å². The molecule has 7 heteroatoms. The van der Waals surface area contributed by atoms with Gasteiger partial charge in [-0.3, -0.25) is 4.79 Å². The Kier molecular flexibility index (Phi) is 8.54. The minimum absolute atomic E-state index is 0.00603. The summed E-state index contributed by atoms with van der Waals surface area (Å²) in [5.41, 5.74) is 1.59. The molecule has 0 spiro atoms. The summed E-state index contributed by atoms with van der Waals surface area (Å²) in [5.74, 6) is -0.356. The number of anilines is 1. The van der Waals surface area contributed by atoms with E-state index in [1.54, 1.807) is 6.07 Å². The number of benzene rings is 1. The maximum atomic E-state index is 12.2. The SMILES string of the molecule is CCOCCOCc1cccc(NC(=O)CCS(=O)(=O)C2CCCC2)c1. The number of hydrogen-bond donors (Lipinski definition) is 1. The van der Waals surface area contributed by atoms with E-state index < -0.39 is 9.84 Å². The number of sulfone groups is 1. The number of amides is 1. The van der Waals surface area contributed by atoms with E-state index in [1.165, 1.54) is 0 Å². The van der Waals surface area contributed by atoms with Crippen LogP contribution < -0.4 is 5.32 Å². The highest BCUT2D eigenvalue weighted by Crippen LogP contribution is 2.25. The van der Waals surface area contributed by atoms with Crippen LogP contribution >= 0.6 is 0 Å². The van der Waals surface area contributed by atoms with Crippen LogP contribution in [0.3, 0.4) is 0 Å². The summed E-state index contributed by atoms with van der Waals surface area (Å²) in [7, 11) is -3.17. The standard InChI is InChI=1S/C19H29NO5S/c1-2-24-11-12-25-15-16-6-5-7-17(14-16)20-19(21)10-13-26(22,23)18-8-3-4-9-18/h5-7,14,18H,2-4,8-13,15H2,1H3,(H,20,21). The quantitative estimate of drug-likeness (QED) is 0.594. The van der Waals surface area contributed by atoms with E-state index in [0.717, 1.165) is 31.2 Å². The van der Waals surface area contributed by atoms with Gasteiger partial charge in [0.25, 0.3) is 0 Å². The molecular formula is C19H29NO5S. The first-order valence-electron chi connectivity index (χ1n) is 9.27. The van der Waals surface area contributed by atoms with Gasteiger partial charge in [0.05, 0.1) is 30.8 Å². The van der Waals surface area contributed by atoms with E-state index in [2.05, 4.69) is 5.32 Å². The third kappa shape index (κ3) is 7.05. The zero-order valence-electron chi connectivity index (χ0n) is 15.4. The molecule has 0 saturated heterocycles. The van der Waals surface area contributed by atoms with Gasteiger partial charge in [-0.15, -0.1) is 0 Å². The average Bonchev–Trinajstić information content (AvgIpc) is 3.16. The van der Waals surface area contributed by atoms with E-state index in [9.17, 15) is 13.2 Å². The van der Waals surface area contributed by atoms with Gasteiger partial charge in [-0.25, -0.2) is 8.42 Å². The van der Waals surface area contributed by atoms with Crippen LogP contribution in [-0.4, -0.2) is 45.1 Å². The fraction of sp³-hybridized carbons (Fsp3) is 0.632. The van der Waals surface area contributed by atoms with E-state index in [-0.39, 0.29) is 23.3 Å². The molecule has 0 bridgehead atoms. The van der Waals surface area contributed by atoms with Crippen molar-refractivity contribution in [2.75, 3.05) is 30.9 Å². The maximum absolute atomic E-state index is 12.2. The molecule has 1 saturated carbocycles. The van der Waals surface area contributed by atoms with Crippen LogP contribution in [0.1, 0.15) is 44.6 Å². The minimum atomic E-state index is -3.17. The molecule has 1 aromatic rings. The van der Waals surface area contributed by atoms with Gasteiger partial charge in [0, 0.05) is 18.7 Å². The molecule has 0 aliphatic heterocycles. The van der Waals surface area contributed by atoms with Gasteiger partial charge in [-0.2, -0.15) is 0 Å². The van der Waals surface area contributed by atoms with Crippen LogP contribution in [0.2, 0.25) is 0 Å². The second kappa shape index (κ2) is 10.6. The Morgan fingerprint density at radius 2 is 1.92 bits per heavy atom. The summed E-state index contributed by atoms with van der Waals surface area (Å²) in [6.45, 7) is 4.12. The number of hydrogen-bond acceptors (Lipinski definition) is 5. The van der Waals surface area contributed by atoms with Crippen LogP contribution in [0, 0.1) is 0 Å². The van der Waals surface area contributed by atoms with Crippen molar-refractivity contribution in [3.8, 4) is 0 Å². The van der Waals surface area contributed by atoms with Crippen molar-refractivity contribution in [2.45, 2.75) is 50.9 Å². The van der Waals surface area contributed by atoms with Gasteiger partial charge in [0.2, 0.25) is 5.91 Å². The molecule has 0 aromatic heterocycles. The van der Waals surface area contributed by atoms with Crippen molar-refractivity contribution in [2.24, 2.45) is 0 Å². The minimum Gasteiger partial charge on any atom is -0.379 e. The Balaban J connectivity index is 1.76. The highest BCUT2D eigenvalue weighted by Gasteiger charge is 2.28. The van der Waals surface area contributed by atoms with Crippen LogP contribution in [0.4, 0.5) is 5.69 Å². The van der Waals surface area contributed by atoms with Crippen LogP contribution in [0.5, 0.6) is 0 Å². The van der Waals surface area contributed by atoms with Crippen molar-refractivity contribution in [3.05, 3.63) is 29.8 Å². The summed E-state index contributed by atoms with van der Waals surface area (Å²) in [6.07, 6.45) is 3.39. The topological polar surface area (TPSA) is 81.7 Å². The molecule has 1 amide bonds. The molecule has 6 nitrogen and oxygen atoms in total. The molecule has 1 aromatic carbocycles. The van der Waals surface area contributed by atoms with E-state index in [4.69, 9.17) is 9.47 Å². The molecule has 1 aliphatic rings. The highest BCUT2D eigenvalue weighted by atomic mass is 32.2. The number of rotatable bonds is 11. The van der Waals surface area contributed by atoms with Crippen molar-refractivity contribution in [3.63, 3.8) is 0 Å². The Morgan fingerprint density at radius 3 is 2.65 bits per heavy atom. The normalized spacial score (nSPS) is 15.3. The molecular weight excluding hydrogens is 354 g/mol. The van der Waals surface area contributed by atoms with Crippen molar-refractivity contribution in [1.82, 2.24) is 0 Å². The molecule has 0 radical (unpaired) electrons. The third-order valence-electron chi connectivity index (χ3n) is 4.48. The summed E-state index contributed by atoms with van der Waals surface area (Å²) in [5, 5.41) is 2.52. The molecule has 1 fully saturated rings. The van der Waals surface area contributed by atoms with Gasteiger partial charge >= 0.3 is 0 Å². The zero-order valence-corrected chi connectivity index (χ0v) is 16.2. The van der Waals surface area contributed by atoms with Gasteiger partial charge in [0.15, 0.2) is 9.84 Å². The lowest BCUT2D eigenvalue weighted by Crippen LogP contribution is -2.24. The molecule has 1 N–H and O–H groups in total. The van der Waals surface area contributed by atoms with Crippen LogP contribution in [-0.2, 0) is 30.7 Å². The van der Waals surface area contributed by atoms with Gasteiger partial charge in [-0.1, -0.05) is 25.0 Å². The van der Waals surface area contributed by atoms with Gasteiger partial charge < -0.3 is 14.8 Å². The first kappa shape index (κ1) is 20.9. The second-order valence-electron chi connectivity index (χ2n) is 6.52. The summed E-state index contributed by atoms with van der Waals surface area (Å²) in [4.78, 5) is 12.1. The predicted octanol–water partition coefficient (Wildman–Crippen LogP) is 2.93. The van der Waals surface area contributed by atoms with Crippen LogP contribution in [0.15, 0.2) is 24.3 Å². The second-order valence-corrected chi connectivity index (χ2v) is 8.92. The maximum Gasteiger partial charge on any atom is 0.225 e. The van der Waals surface area contributed by atoms with Crippen LogP contribution in [0.25, 0.3) is 0 Å². The monoisotopic (exact) mass is 383 g/mol. The van der Waals surface area contributed by atoms with E-state index in [0.29, 0.717) is 32.1 Å². The first-order chi connectivity index (χ1) is 12.5. The Morgan fingerprint density at radius 1 is 1.19 bits per heavy atom. The molecule has 1 aliphatic carbocycles. The molecule has 0 heterocycles. The molecule has 2 rings (SSSR count). The molecule has 146 valence electrons. The number of carbonyl (C=O) groups is 1. The van der Waals surface area contributed by atoms with Gasteiger partial charge in [-0.05, 0) is 37.5 Å². The summed E-state index contributed by atoms with van der Waals surface area (Å²) in [6, 6.07) is 7.38. The van der Waals surface area contributed by atoms with E-state index in [1.807, 2.05) is 25.1 Å². The van der Waals surface area contributed by atoms with E-state index >= 15 is 0 Å². The lowest BCUT2D eigenvalue weighted by Gasteiger charge is -2.11. The molecule has 0 unspecified atom stereocenters. The number of nitrogens with one attached hydrogen (secondary N) is 1. The van der Waals surface area contributed by atoms with Crippen molar-refractivity contribution in [1.29, 1.82) is 0 Å². The number of ether oxygens (including phenoxy) is 2. The third-order valence-corrected chi connectivity index (χ3v) is 6.74. The number of carbonyl (C=O) groups excluding carboxylic acids is 1. The van der Waals surface area contributed by atoms with Gasteiger partial charge in [0.1, 0.15) is 0 Å². The average molecular weight is 384 g/mol. The van der Waals surface area contributed by atoms with Crippen molar-refractivity contribution < 1.29 is 22.7 Å². The lowest BCUT2D eigenvalue weighted by molar-refractivity contribution is -0.115. The largest absolute Gasteiger partial charge is 0.379 e. The molecule has 0 atom stereocenters. The first-order valence-corrected chi connectivity index (χ1v) is 11.0. The van der Waals surface area contributed by atoms with Crippen molar-refractivity contribution >= 4 is 21.4 Å². The highest BCUT2D eigenvalue weighted by molar-refractivity contribution is 7.92. The Bertz CT molecular complexity index is 668. The fourth-order valence-corrected chi connectivity index (χ4v) is 4.92. The summed E-state index contributed by atoms with van der Waals surface area (Å²) >= 11 is 0. The molecule has 26 heavy (non-hydrogen) atoms. The predicted molar refractivity (Wildman–Crippen MR) is 102 cm³/mol. The fourth-order valence-electron chi connectivity index (χ4n) is 3.06. The summed E-state index contributed by atoms with van der Waals surface area (Å²) < 4.78 is 35.2. The lowest BCUT2D eigenvalue weighted by atomic mass is 10.2. The smallest absolute Gasteiger partial charge is 0.225 e.